The molecule has 122 valence electrons. The monoisotopic (exact) mass is 327 g/mol. The molecule has 8 heteroatoms. The highest BCUT2D eigenvalue weighted by atomic mass is 32.2. The van der Waals surface area contributed by atoms with E-state index in [0.29, 0.717) is 5.69 Å². The molecule has 1 saturated carbocycles. The number of anilines is 1. The second-order valence-corrected chi connectivity index (χ2v) is 7.09. The topological polar surface area (TPSA) is 96.5 Å². The molecule has 22 heavy (non-hydrogen) atoms. The Labute approximate surface area is 130 Å². The normalized spacial score (nSPS) is 21.5. The van der Waals surface area contributed by atoms with Crippen LogP contribution < -0.4 is 15.4 Å². The van der Waals surface area contributed by atoms with Crippen LogP contribution in [0.1, 0.15) is 19.3 Å². The van der Waals surface area contributed by atoms with Crippen LogP contribution in [0.25, 0.3) is 0 Å². The molecular formula is C14H21N3O4S. The Balaban J connectivity index is 1.96. The van der Waals surface area contributed by atoms with Gasteiger partial charge in [-0.15, -0.1) is 0 Å². The summed E-state index contributed by atoms with van der Waals surface area (Å²) < 4.78 is 31.0. The van der Waals surface area contributed by atoms with E-state index in [1.807, 2.05) is 0 Å². The molecule has 1 aliphatic rings. The summed E-state index contributed by atoms with van der Waals surface area (Å²) in [6.07, 6.45) is 2.78. The lowest BCUT2D eigenvalue weighted by Gasteiger charge is -2.14. The van der Waals surface area contributed by atoms with Gasteiger partial charge in [-0.05, 0) is 44.5 Å². The molecule has 2 rings (SSSR count). The van der Waals surface area contributed by atoms with Gasteiger partial charge in [-0.3, -0.25) is 0 Å². The maximum atomic E-state index is 12.0. The number of methoxy groups -OCH3 is 1. The molecule has 0 bridgehead atoms. The van der Waals surface area contributed by atoms with E-state index in [1.165, 1.54) is 19.2 Å². The van der Waals surface area contributed by atoms with Crippen molar-refractivity contribution in [3.05, 3.63) is 24.3 Å². The molecule has 1 aromatic rings. The number of ether oxygens (including phenoxy) is 1. The van der Waals surface area contributed by atoms with Crippen molar-refractivity contribution in [1.82, 2.24) is 10.0 Å². The number of rotatable bonds is 5. The molecule has 0 radical (unpaired) electrons. The molecule has 1 aromatic carbocycles. The predicted molar refractivity (Wildman–Crippen MR) is 83.3 cm³/mol. The van der Waals surface area contributed by atoms with Crippen molar-refractivity contribution in [2.24, 2.45) is 0 Å². The average molecular weight is 327 g/mol. The van der Waals surface area contributed by atoms with Crippen molar-refractivity contribution in [2.75, 3.05) is 19.5 Å². The summed E-state index contributed by atoms with van der Waals surface area (Å²) in [5, 5.41) is 5.52. The van der Waals surface area contributed by atoms with E-state index in [1.54, 1.807) is 19.2 Å². The summed E-state index contributed by atoms with van der Waals surface area (Å²) in [4.78, 5) is 12.1. The zero-order valence-corrected chi connectivity index (χ0v) is 13.4. The van der Waals surface area contributed by atoms with Gasteiger partial charge in [0.25, 0.3) is 0 Å². The number of carbonyl (C=O) groups is 1. The highest BCUT2D eigenvalue weighted by Gasteiger charge is 2.25. The van der Waals surface area contributed by atoms with E-state index in [4.69, 9.17) is 4.74 Å². The molecule has 2 unspecified atom stereocenters. The maximum absolute atomic E-state index is 12.0. The molecule has 2 amide bonds. The largest absolute Gasteiger partial charge is 0.381 e. The minimum Gasteiger partial charge on any atom is -0.381 e. The van der Waals surface area contributed by atoms with E-state index in [2.05, 4.69) is 15.4 Å². The standard InChI is InChI=1S/C14H21N3O4S/c1-15-22(19,20)13-5-3-4-10(9-13)16-14(18)17-11-6-7-12(8-11)21-2/h3-5,9,11-12,15H,6-8H2,1-2H3,(H2,16,17,18). The summed E-state index contributed by atoms with van der Waals surface area (Å²) in [6.45, 7) is 0. The van der Waals surface area contributed by atoms with Crippen LogP contribution >= 0.6 is 0 Å². The van der Waals surface area contributed by atoms with Crippen LogP contribution in [-0.2, 0) is 14.8 Å². The molecule has 7 nitrogen and oxygen atoms in total. The summed E-state index contributed by atoms with van der Waals surface area (Å²) in [7, 11) is -0.519. The van der Waals surface area contributed by atoms with Gasteiger partial charge in [-0.25, -0.2) is 17.9 Å². The minimum atomic E-state index is -3.53. The van der Waals surface area contributed by atoms with E-state index in [0.717, 1.165) is 19.3 Å². The van der Waals surface area contributed by atoms with Crippen molar-refractivity contribution in [3.8, 4) is 0 Å². The van der Waals surface area contributed by atoms with Gasteiger partial charge < -0.3 is 15.4 Å². The highest BCUT2D eigenvalue weighted by molar-refractivity contribution is 7.89. The Morgan fingerprint density at radius 2 is 2.09 bits per heavy atom. The number of hydrogen-bond acceptors (Lipinski definition) is 4. The molecule has 1 fully saturated rings. The summed E-state index contributed by atoms with van der Waals surface area (Å²) in [5.74, 6) is 0. The second-order valence-electron chi connectivity index (χ2n) is 5.20. The van der Waals surface area contributed by atoms with Crippen molar-refractivity contribution in [3.63, 3.8) is 0 Å². The highest BCUT2D eigenvalue weighted by Crippen LogP contribution is 2.21. The molecule has 3 N–H and O–H groups in total. The van der Waals surface area contributed by atoms with Gasteiger partial charge >= 0.3 is 6.03 Å². The van der Waals surface area contributed by atoms with Gasteiger partial charge in [0, 0.05) is 18.8 Å². The lowest BCUT2D eigenvalue weighted by Crippen LogP contribution is -2.36. The van der Waals surface area contributed by atoms with Crippen LogP contribution in [0.15, 0.2) is 29.2 Å². The van der Waals surface area contributed by atoms with Crippen molar-refractivity contribution < 1.29 is 17.9 Å². The first-order chi connectivity index (χ1) is 10.4. The first kappa shape index (κ1) is 16.7. The first-order valence-corrected chi connectivity index (χ1v) is 8.57. The Bertz CT molecular complexity index is 633. The van der Waals surface area contributed by atoms with Crippen molar-refractivity contribution >= 4 is 21.7 Å². The van der Waals surface area contributed by atoms with Crippen LogP contribution in [0.4, 0.5) is 10.5 Å². The third-order valence-electron chi connectivity index (χ3n) is 3.72. The van der Waals surface area contributed by atoms with Gasteiger partial charge in [0.1, 0.15) is 0 Å². The molecule has 0 heterocycles. The Kier molecular flexibility index (Phi) is 5.38. The fraction of sp³-hybridized carbons (Fsp3) is 0.500. The fourth-order valence-electron chi connectivity index (χ4n) is 2.50. The summed E-state index contributed by atoms with van der Waals surface area (Å²) in [6, 6.07) is 5.83. The quantitative estimate of drug-likeness (QED) is 0.759. The Morgan fingerprint density at radius 3 is 2.73 bits per heavy atom. The minimum absolute atomic E-state index is 0.0779. The maximum Gasteiger partial charge on any atom is 0.319 e. The number of sulfonamides is 1. The average Bonchev–Trinajstić information content (AvgIpc) is 2.95. The van der Waals surface area contributed by atoms with Crippen molar-refractivity contribution in [1.29, 1.82) is 0 Å². The Morgan fingerprint density at radius 1 is 1.32 bits per heavy atom. The van der Waals surface area contributed by atoms with Crippen LogP contribution in [0.3, 0.4) is 0 Å². The molecule has 0 saturated heterocycles. The molecule has 0 aliphatic heterocycles. The predicted octanol–water partition coefficient (Wildman–Crippen LogP) is 1.28. The number of urea groups is 1. The molecule has 0 aromatic heterocycles. The van der Waals surface area contributed by atoms with Gasteiger partial charge in [0.2, 0.25) is 10.0 Å². The van der Waals surface area contributed by atoms with Crippen LogP contribution in [0.5, 0.6) is 0 Å². The van der Waals surface area contributed by atoms with Gasteiger partial charge in [0.15, 0.2) is 0 Å². The van der Waals surface area contributed by atoms with Crippen LogP contribution in [0, 0.1) is 0 Å². The van der Waals surface area contributed by atoms with Crippen LogP contribution in [-0.4, -0.2) is 40.8 Å². The third kappa shape index (κ3) is 4.19. The number of hydrogen-bond donors (Lipinski definition) is 3. The van der Waals surface area contributed by atoms with E-state index in [-0.39, 0.29) is 23.1 Å². The SMILES string of the molecule is CNS(=O)(=O)c1cccc(NC(=O)NC2CCC(OC)C2)c1. The lowest BCUT2D eigenvalue weighted by atomic mass is 10.2. The smallest absolute Gasteiger partial charge is 0.319 e. The number of carbonyl (C=O) groups excluding carboxylic acids is 1. The molecule has 2 atom stereocenters. The summed E-state index contributed by atoms with van der Waals surface area (Å²) in [5.41, 5.74) is 0.426. The number of benzene rings is 1. The summed E-state index contributed by atoms with van der Waals surface area (Å²) >= 11 is 0. The lowest BCUT2D eigenvalue weighted by molar-refractivity contribution is 0.107. The number of amides is 2. The van der Waals surface area contributed by atoms with E-state index in [9.17, 15) is 13.2 Å². The van der Waals surface area contributed by atoms with Crippen LogP contribution in [0.2, 0.25) is 0 Å². The molecule has 0 spiro atoms. The third-order valence-corrected chi connectivity index (χ3v) is 5.14. The Hall–Kier alpha value is -1.64. The van der Waals surface area contributed by atoms with Gasteiger partial charge in [0.05, 0.1) is 11.0 Å². The van der Waals surface area contributed by atoms with Gasteiger partial charge in [-0.1, -0.05) is 6.07 Å². The zero-order chi connectivity index (χ0) is 16.2. The van der Waals surface area contributed by atoms with Crippen molar-refractivity contribution in [2.45, 2.75) is 36.3 Å². The number of nitrogens with one attached hydrogen (secondary N) is 3. The molecule has 1 aliphatic carbocycles. The van der Waals surface area contributed by atoms with E-state index < -0.39 is 10.0 Å². The fourth-order valence-corrected chi connectivity index (χ4v) is 3.27. The second kappa shape index (κ2) is 7.08. The van der Waals surface area contributed by atoms with E-state index >= 15 is 0 Å². The zero-order valence-electron chi connectivity index (χ0n) is 12.6. The van der Waals surface area contributed by atoms with Gasteiger partial charge in [-0.2, -0.15) is 0 Å². The first-order valence-electron chi connectivity index (χ1n) is 7.08. The molecular weight excluding hydrogens is 306 g/mol.